The summed E-state index contributed by atoms with van der Waals surface area (Å²) >= 11 is 6.11. The summed E-state index contributed by atoms with van der Waals surface area (Å²) in [6, 6.07) is 8.53. The maximum Gasteiger partial charge on any atom is 0.573 e. The van der Waals surface area contributed by atoms with Crippen LogP contribution in [0.4, 0.5) is 18.9 Å². The van der Waals surface area contributed by atoms with Gasteiger partial charge in [0.1, 0.15) is 12.2 Å². The molecule has 0 radical (unpaired) electrons. The second kappa shape index (κ2) is 9.66. The fourth-order valence-corrected chi connectivity index (χ4v) is 3.44. The van der Waals surface area contributed by atoms with Crippen LogP contribution in [0.25, 0.3) is 0 Å². The van der Waals surface area contributed by atoms with Crippen LogP contribution in [0.5, 0.6) is 11.5 Å². The third kappa shape index (κ3) is 5.43. The fraction of sp³-hybridized carbons (Fsp3) is 0.333. The highest BCUT2D eigenvalue weighted by molar-refractivity contribution is 6.30. The lowest BCUT2D eigenvalue weighted by Gasteiger charge is -2.25. The molecular weight excluding hydrogens is 455 g/mol. The van der Waals surface area contributed by atoms with Crippen molar-refractivity contribution in [3.63, 3.8) is 0 Å². The predicted octanol–water partition coefficient (Wildman–Crippen LogP) is 4.63. The first-order valence-corrected chi connectivity index (χ1v) is 9.84. The number of esters is 1. The van der Waals surface area contributed by atoms with E-state index in [0.29, 0.717) is 0 Å². The van der Waals surface area contributed by atoms with Gasteiger partial charge in [-0.3, -0.25) is 9.59 Å². The van der Waals surface area contributed by atoms with Crippen molar-refractivity contribution in [2.24, 2.45) is 0 Å². The summed E-state index contributed by atoms with van der Waals surface area (Å²) in [6.45, 7) is 1.69. The van der Waals surface area contributed by atoms with E-state index in [1.54, 1.807) is 6.92 Å². The second-order valence-corrected chi connectivity index (χ2v) is 7.10. The number of halogens is 4. The van der Waals surface area contributed by atoms with Crippen LogP contribution in [0.2, 0.25) is 5.02 Å². The molecule has 1 amide bonds. The second-order valence-electron chi connectivity index (χ2n) is 6.66. The van der Waals surface area contributed by atoms with Gasteiger partial charge in [-0.2, -0.15) is 0 Å². The summed E-state index contributed by atoms with van der Waals surface area (Å²) in [7, 11) is 1.19. The average molecular weight is 474 g/mol. The Morgan fingerprint density at radius 1 is 1.22 bits per heavy atom. The number of para-hydroxylation sites is 1. The van der Waals surface area contributed by atoms with Gasteiger partial charge in [-0.25, -0.2) is 0 Å². The van der Waals surface area contributed by atoms with Crippen molar-refractivity contribution < 1.29 is 41.7 Å². The van der Waals surface area contributed by atoms with E-state index in [4.69, 9.17) is 25.8 Å². The molecule has 3 rings (SSSR count). The lowest BCUT2D eigenvalue weighted by atomic mass is 9.98. The molecule has 2 aromatic rings. The number of benzene rings is 2. The molecule has 1 aliphatic heterocycles. The van der Waals surface area contributed by atoms with E-state index >= 15 is 0 Å². The molecule has 0 saturated carbocycles. The SMILES string of the molecule is CCOC(=O)CC1OC(c2cccc(OC)c2OC(F)(F)F)c2cc(Cl)ccc2NC1=O. The monoisotopic (exact) mass is 473 g/mol. The Bertz CT molecular complexity index is 1010. The van der Waals surface area contributed by atoms with Gasteiger partial charge in [0, 0.05) is 21.8 Å². The summed E-state index contributed by atoms with van der Waals surface area (Å²) in [5, 5.41) is 2.88. The number of carbonyl (C=O) groups excluding carboxylic acids is 2. The summed E-state index contributed by atoms with van der Waals surface area (Å²) in [5.74, 6) is -2.20. The Kier molecular flexibility index (Phi) is 7.15. The van der Waals surface area contributed by atoms with Crippen molar-refractivity contribution in [3.05, 3.63) is 52.5 Å². The van der Waals surface area contributed by atoms with Crippen LogP contribution in [0.1, 0.15) is 30.6 Å². The molecule has 1 aliphatic rings. The zero-order valence-corrected chi connectivity index (χ0v) is 17.8. The van der Waals surface area contributed by atoms with Gasteiger partial charge in [-0.1, -0.05) is 23.7 Å². The molecular formula is C21H19ClF3NO6. The molecule has 32 heavy (non-hydrogen) atoms. The van der Waals surface area contributed by atoms with Gasteiger partial charge in [0.05, 0.1) is 20.1 Å². The molecule has 0 aromatic heterocycles. The van der Waals surface area contributed by atoms with Crippen LogP contribution in [0.3, 0.4) is 0 Å². The third-order valence-electron chi connectivity index (χ3n) is 4.53. The number of ether oxygens (including phenoxy) is 4. The van der Waals surface area contributed by atoms with Crippen molar-refractivity contribution in [2.75, 3.05) is 19.0 Å². The number of methoxy groups -OCH3 is 1. The maximum atomic E-state index is 13.2. The Labute approximate surface area is 186 Å². The molecule has 0 fully saturated rings. The zero-order valence-electron chi connectivity index (χ0n) is 17.0. The summed E-state index contributed by atoms with van der Waals surface area (Å²) in [4.78, 5) is 24.7. The van der Waals surface area contributed by atoms with E-state index in [1.807, 2.05) is 0 Å². The quantitative estimate of drug-likeness (QED) is 0.616. The molecule has 1 N–H and O–H groups in total. The van der Waals surface area contributed by atoms with E-state index in [2.05, 4.69) is 10.1 Å². The van der Waals surface area contributed by atoms with Crippen molar-refractivity contribution in [1.82, 2.24) is 0 Å². The topological polar surface area (TPSA) is 83.1 Å². The highest BCUT2D eigenvalue weighted by Gasteiger charge is 2.39. The minimum Gasteiger partial charge on any atom is -0.493 e. The molecule has 0 bridgehead atoms. The lowest BCUT2D eigenvalue weighted by Crippen LogP contribution is -2.32. The van der Waals surface area contributed by atoms with E-state index in [1.165, 1.54) is 43.5 Å². The van der Waals surface area contributed by atoms with E-state index in [-0.39, 0.29) is 34.2 Å². The van der Waals surface area contributed by atoms with Crippen LogP contribution in [-0.2, 0) is 19.1 Å². The van der Waals surface area contributed by atoms with Gasteiger partial charge < -0.3 is 24.3 Å². The van der Waals surface area contributed by atoms with Gasteiger partial charge >= 0.3 is 12.3 Å². The highest BCUT2D eigenvalue weighted by atomic mass is 35.5. The van der Waals surface area contributed by atoms with Gasteiger partial charge in [-0.15, -0.1) is 13.2 Å². The molecule has 7 nitrogen and oxygen atoms in total. The van der Waals surface area contributed by atoms with Crippen LogP contribution in [-0.4, -0.2) is 38.1 Å². The van der Waals surface area contributed by atoms with Crippen molar-refractivity contribution in [2.45, 2.75) is 31.9 Å². The Balaban J connectivity index is 2.15. The fourth-order valence-electron chi connectivity index (χ4n) is 3.25. The van der Waals surface area contributed by atoms with Gasteiger partial charge in [0.2, 0.25) is 0 Å². The summed E-state index contributed by atoms with van der Waals surface area (Å²) < 4.78 is 59.6. The van der Waals surface area contributed by atoms with Gasteiger partial charge in [-0.05, 0) is 31.2 Å². The molecule has 0 aliphatic carbocycles. The Morgan fingerprint density at radius 3 is 2.62 bits per heavy atom. The first kappa shape index (κ1) is 23.7. The van der Waals surface area contributed by atoms with Crippen LogP contribution < -0.4 is 14.8 Å². The largest absolute Gasteiger partial charge is 0.573 e. The number of fused-ring (bicyclic) bond motifs is 1. The third-order valence-corrected chi connectivity index (χ3v) is 4.77. The van der Waals surface area contributed by atoms with Crippen molar-refractivity contribution >= 4 is 29.2 Å². The molecule has 172 valence electrons. The smallest absolute Gasteiger partial charge is 0.493 e. The molecule has 2 aromatic carbocycles. The van der Waals surface area contributed by atoms with Crippen LogP contribution in [0, 0.1) is 0 Å². The predicted molar refractivity (Wildman–Crippen MR) is 108 cm³/mol. The van der Waals surface area contributed by atoms with Crippen molar-refractivity contribution in [3.8, 4) is 11.5 Å². The average Bonchev–Trinajstić information content (AvgIpc) is 2.84. The Hall–Kier alpha value is -2.98. The Morgan fingerprint density at radius 2 is 1.97 bits per heavy atom. The maximum absolute atomic E-state index is 13.2. The normalized spacial score (nSPS) is 18.2. The first-order valence-electron chi connectivity index (χ1n) is 9.47. The van der Waals surface area contributed by atoms with E-state index in [0.717, 1.165) is 0 Å². The molecule has 1 heterocycles. The number of hydrogen-bond acceptors (Lipinski definition) is 6. The number of amides is 1. The summed E-state index contributed by atoms with van der Waals surface area (Å²) in [5.41, 5.74) is 0.463. The molecule has 0 spiro atoms. The number of alkyl halides is 3. The standard InChI is InChI=1S/C21H19ClF3NO6/c1-3-30-17(27)10-16-20(28)26-14-8-7-11(22)9-13(14)18(31-16)12-5-4-6-15(29-2)19(12)32-21(23,24)25/h4-9,16,18H,3,10H2,1-2H3,(H,26,28). The number of nitrogens with one attached hydrogen (secondary N) is 1. The van der Waals surface area contributed by atoms with Crippen LogP contribution >= 0.6 is 11.6 Å². The molecule has 11 heteroatoms. The summed E-state index contributed by atoms with van der Waals surface area (Å²) in [6.07, 6.45) is -8.08. The molecule has 2 atom stereocenters. The minimum absolute atomic E-state index is 0.0736. The number of rotatable bonds is 6. The zero-order chi connectivity index (χ0) is 23.5. The van der Waals surface area contributed by atoms with Gasteiger partial charge in [0.15, 0.2) is 11.5 Å². The number of carbonyl (C=O) groups is 2. The van der Waals surface area contributed by atoms with E-state index in [9.17, 15) is 22.8 Å². The first-order chi connectivity index (χ1) is 15.1. The lowest BCUT2D eigenvalue weighted by molar-refractivity contribution is -0.275. The number of hydrogen-bond donors (Lipinski definition) is 1. The number of anilines is 1. The minimum atomic E-state index is -5.02. The van der Waals surface area contributed by atoms with Gasteiger partial charge in [0.25, 0.3) is 5.91 Å². The van der Waals surface area contributed by atoms with Crippen LogP contribution in [0.15, 0.2) is 36.4 Å². The molecule has 0 saturated heterocycles. The highest BCUT2D eigenvalue weighted by Crippen LogP contribution is 2.45. The van der Waals surface area contributed by atoms with E-state index < -0.39 is 42.6 Å². The molecule has 2 unspecified atom stereocenters. The van der Waals surface area contributed by atoms with Crippen molar-refractivity contribution in [1.29, 1.82) is 0 Å².